The van der Waals surface area contributed by atoms with E-state index in [2.05, 4.69) is 76.3 Å². The summed E-state index contributed by atoms with van der Waals surface area (Å²) in [6.45, 7) is 25.1. The zero-order chi connectivity index (χ0) is 36.4. The van der Waals surface area contributed by atoms with Crippen molar-refractivity contribution in [2.45, 2.75) is 174 Å². The molecule has 4 fully saturated rings. The number of aromatic nitrogens is 3. The van der Waals surface area contributed by atoms with E-state index in [-0.39, 0.29) is 57.3 Å². The second-order valence-corrected chi connectivity index (χ2v) is 23.4. The third-order valence-electron chi connectivity index (χ3n) is 10.7. The average molecular weight is 704 g/mol. The van der Waals surface area contributed by atoms with Crippen molar-refractivity contribution >= 4 is 25.9 Å². The smallest absolute Gasteiger partial charge is 0.408 e. The highest BCUT2D eigenvalue weighted by molar-refractivity contribution is 6.74. The van der Waals surface area contributed by atoms with Gasteiger partial charge in [-0.2, -0.15) is 5.10 Å². The number of alkyl halides is 2. The molecule has 1 amide bonds. The summed E-state index contributed by atoms with van der Waals surface area (Å²) in [5, 5.41) is 11.6. The number of hydrogen-bond acceptors (Lipinski definition) is 7. The van der Waals surface area contributed by atoms with Crippen LogP contribution in [0.3, 0.4) is 0 Å². The minimum Gasteiger partial charge on any atom is -0.475 e. The van der Waals surface area contributed by atoms with Gasteiger partial charge in [-0.3, -0.25) is 0 Å². The van der Waals surface area contributed by atoms with Crippen molar-refractivity contribution in [1.29, 1.82) is 0 Å². The van der Waals surface area contributed by atoms with Crippen LogP contribution in [0.2, 0.25) is 18.1 Å². The monoisotopic (exact) mass is 703 g/mol. The molecule has 0 aliphatic heterocycles. The first-order valence-electron chi connectivity index (χ1n) is 17.9. The molecule has 0 saturated heterocycles. The first kappa shape index (κ1) is 37.5. The van der Waals surface area contributed by atoms with Crippen molar-refractivity contribution in [3.63, 3.8) is 0 Å². The van der Waals surface area contributed by atoms with E-state index >= 15 is 0 Å². The molecule has 49 heavy (non-hydrogen) atoms. The number of carbonyl (C=O) groups excluding carboxylic acids is 1. The Morgan fingerprint density at radius 2 is 1.69 bits per heavy atom. The maximum atomic E-state index is 14.1. The number of anilines is 2. The topological polar surface area (TPSA) is 99.5 Å². The lowest BCUT2D eigenvalue weighted by molar-refractivity contribution is -0.167. The molecular weight excluding hydrogens is 645 g/mol. The minimum absolute atomic E-state index is 0.0699. The second kappa shape index (κ2) is 12.8. The maximum Gasteiger partial charge on any atom is 0.408 e. The molecule has 6 rings (SSSR count). The summed E-state index contributed by atoms with van der Waals surface area (Å²) in [6, 6.07) is 5.13. The van der Waals surface area contributed by atoms with Gasteiger partial charge in [0.1, 0.15) is 17.1 Å². The van der Waals surface area contributed by atoms with E-state index in [1.165, 1.54) is 6.07 Å². The zero-order valence-electron chi connectivity index (χ0n) is 31.7. The molecule has 2 bridgehead atoms. The van der Waals surface area contributed by atoms with Crippen molar-refractivity contribution in [3.8, 4) is 5.88 Å². The lowest BCUT2D eigenvalue weighted by Gasteiger charge is -2.71. The van der Waals surface area contributed by atoms with Crippen LogP contribution >= 0.6 is 0 Å². The first-order valence-corrected chi connectivity index (χ1v) is 20.8. The average Bonchev–Trinajstić information content (AvgIpc) is 3.51. The molecule has 0 aromatic carbocycles. The highest BCUT2D eigenvalue weighted by Crippen LogP contribution is 2.69. The Bertz CT molecular complexity index is 1500. The van der Waals surface area contributed by atoms with Gasteiger partial charge in [-0.15, -0.1) is 0 Å². The van der Waals surface area contributed by atoms with Gasteiger partial charge < -0.3 is 24.5 Å². The van der Waals surface area contributed by atoms with Crippen LogP contribution in [0.15, 0.2) is 18.2 Å². The van der Waals surface area contributed by atoms with Crippen LogP contribution < -0.4 is 15.4 Å². The SMILES string of the molecule is CC(CC12CC(NC(=O)OC(C)(C)C)(C1)C2)Oc1cc(Nc2cc([C@H]3CC[C@@H](O[Si](C)(C)C(C)(C)C)C3)nn2C(C)(C)C)cc(C(F)F)n1. The van der Waals surface area contributed by atoms with E-state index in [9.17, 15) is 13.6 Å². The second-order valence-electron chi connectivity index (χ2n) is 18.7. The number of halogens is 2. The maximum absolute atomic E-state index is 14.1. The van der Waals surface area contributed by atoms with Crippen LogP contribution in [-0.4, -0.2) is 52.5 Å². The Morgan fingerprint density at radius 3 is 2.27 bits per heavy atom. The number of amides is 1. The summed E-state index contributed by atoms with van der Waals surface area (Å²) in [6.07, 6.45) is 3.07. The van der Waals surface area contributed by atoms with Crippen molar-refractivity contribution < 1.29 is 27.5 Å². The van der Waals surface area contributed by atoms with Gasteiger partial charge in [0.05, 0.1) is 17.3 Å². The van der Waals surface area contributed by atoms with Crippen LogP contribution in [0.5, 0.6) is 5.88 Å². The van der Waals surface area contributed by atoms with Crippen molar-refractivity contribution in [3.05, 3.63) is 29.6 Å². The Kier molecular flexibility index (Phi) is 9.80. The minimum atomic E-state index is -2.75. The Balaban J connectivity index is 1.26. The highest BCUT2D eigenvalue weighted by Gasteiger charge is 2.68. The lowest BCUT2D eigenvalue weighted by Crippen LogP contribution is -2.75. The van der Waals surface area contributed by atoms with Gasteiger partial charge in [0.25, 0.3) is 6.43 Å². The predicted molar refractivity (Wildman–Crippen MR) is 191 cm³/mol. The molecule has 4 saturated carbocycles. The molecule has 0 spiro atoms. The van der Waals surface area contributed by atoms with E-state index in [1.54, 1.807) is 6.07 Å². The van der Waals surface area contributed by atoms with Gasteiger partial charge >= 0.3 is 6.09 Å². The van der Waals surface area contributed by atoms with E-state index in [4.69, 9.17) is 19.0 Å². The number of carbonyl (C=O) groups is 1. The third-order valence-corrected chi connectivity index (χ3v) is 15.2. The zero-order valence-corrected chi connectivity index (χ0v) is 32.7. The number of nitrogens with zero attached hydrogens (tertiary/aromatic N) is 3. The number of alkyl carbamates (subject to hydrolysis) is 1. The fourth-order valence-corrected chi connectivity index (χ4v) is 9.15. The van der Waals surface area contributed by atoms with Crippen molar-refractivity contribution in [1.82, 2.24) is 20.1 Å². The van der Waals surface area contributed by atoms with Crippen LogP contribution in [0.1, 0.15) is 138 Å². The molecule has 4 aliphatic carbocycles. The lowest BCUT2D eigenvalue weighted by atomic mass is 9.38. The van der Waals surface area contributed by atoms with Crippen LogP contribution in [0, 0.1) is 5.41 Å². The Morgan fingerprint density at radius 1 is 1.04 bits per heavy atom. The fourth-order valence-electron chi connectivity index (χ4n) is 7.75. The van der Waals surface area contributed by atoms with E-state index in [0.717, 1.165) is 56.5 Å². The molecule has 2 aromatic heterocycles. The van der Waals surface area contributed by atoms with Crippen LogP contribution in [0.25, 0.3) is 0 Å². The number of nitrogens with one attached hydrogen (secondary N) is 2. The van der Waals surface area contributed by atoms with Gasteiger partial charge in [0, 0.05) is 35.4 Å². The summed E-state index contributed by atoms with van der Waals surface area (Å²) in [5.41, 5.74) is 0.0859. The van der Waals surface area contributed by atoms with Gasteiger partial charge in [-0.25, -0.2) is 23.2 Å². The summed E-state index contributed by atoms with van der Waals surface area (Å²) in [7, 11) is -1.88. The summed E-state index contributed by atoms with van der Waals surface area (Å²) in [4.78, 5) is 16.5. The fraction of sp³-hybridized carbons (Fsp3) is 0.757. The Labute approximate surface area is 292 Å². The molecule has 1 unspecified atom stereocenters. The third kappa shape index (κ3) is 8.60. The normalized spacial score (nSPS) is 26.2. The highest BCUT2D eigenvalue weighted by atomic mass is 28.4. The predicted octanol–water partition coefficient (Wildman–Crippen LogP) is 9.98. The summed E-state index contributed by atoms with van der Waals surface area (Å²) in [5.74, 6) is 1.16. The van der Waals surface area contributed by atoms with E-state index < -0.39 is 20.3 Å². The summed E-state index contributed by atoms with van der Waals surface area (Å²) >= 11 is 0. The number of hydrogen-bond donors (Lipinski definition) is 2. The number of rotatable bonds is 11. The van der Waals surface area contributed by atoms with Gasteiger partial charge in [0.2, 0.25) is 5.88 Å². The molecule has 4 aliphatic rings. The molecule has 2 aromatic rings. The molecule has 2 N–H and O–H groups in total. The molecule has 2 heterocycles. The van der Waals surface area contributed by atoms with Crippen LogP contribution in [0.4, 0.5) is 25.1 Å². The Hall–Kier alpha value is -2.73. The van der Waals surface area contributed by atoms with E-state index in [1.807, 2.05) is 32.4 Å². The van der Waals surface area contributed by atoms with Gasteiger partial charge in [-0.05, 0) is 123 Å². The van der Waals surface area contributed by atoms with Gasteiger partial charge in [0.15, 0.2) is 8.32 Å². The number of pyridine rings is 1. The van der Waals surface area contributed by atoms with Crippen LogP contribution in [-0.2, 0) is 14.7 Å². The van der Waals surface area contributed by atoms with Crippen molar-refractivity contribution in [2.75, 3.05) is 5.32 Å². The quantitative estimate of drug-likeness (QED) is 0.225. The largest absolute Gasteiger partial charge is 0.475 e. The molecule has 274 valence electrons. The van der Waals surface area contributed by atoms with Crippen molar-refractivity contribution in [2.24, 2.45) is 5.41 Å². The number of ether oxygens (including phenoxy) is 2. The molecule has 9 nitrogen and oxygen atoms in total. The molecule has 12 heteroatoms. The van der Waals surface area contributed by atoms with E-state index in [0.29, 0.717) is 5.69 Å². The standard InChI is InChI=1S/C37H59F2N5O4Si/c1-23(19-36-20-37(21-36,22-36)42-32(45)47-34(5,6)7)46-30-17-25(16-28(41-30)31(38)39)40-29-18-27(43-44(29)33(2,3)4)24-13-14-26(15-24)48-49(11,12)35(8,9)10/h16-18,23-24,26,31H,13-15,19-22H2,1-12H3,(H,40,41)(H,42,45)/t23?,24-,26+,36?,37?/m0/s1. The van der Waals surface area contributed by atoms with Gasteiger partial charge in [-0.1, -0.05) is 20.8 Å². The molecule has 0 radical (unpaired) electrons. The molecular formula is C37H59F2N5O4Si. The summed E-state index contributed by atoms with van der Waals surface area (Å²) < 4.78 is 48.5. The first-order chi connectivity index (χ1) is 22.4. The molecule has 3 atom stereocenters.